The minimum Gasteiger partial charge on any atom is -0.364 e. The van der Waals surface area contributed by atoms with Crippen molar-refractivity contribution in [1.29, 1.82) is 0 Å². The average molecular weight is 487 g/mol. The smallest absolute Gasteiger partial charge is 0.269 e. The molecule has 1 aliphatic rings. The number of nitrogens with one attached hydrogen (secondary N) is 1. The second-order valence-corrected chi connectivity index (χ2v) is 8.58. The van der Waals surface area contributed by atoms with Crippen LogP contribution in [0.1, 0.15) is 34.5 Å². The van der Waals surface area contributed by atoms with Gasteiger partial charge in [0.1, 0.15) is 12.4 Å². The molecule has 2 aromatic carbocycles. The number of halogens is 2. The first-order chi connectivity index (χ1) is 16.3. The predicted octanol–water partition coefficient (Wildman–Crippen LogP) is 1.69. The second kappa shape index (κ2) is 9.78. The predicted molar refractivity (Wildman–Crippen MR) is 124 cm³/mol. The normalized spacial score (nSPS) is 13.1. The minimum atomic E-state index is -0.711. The Bertz CT molecular complexity index is 1270. The van der Waals surface area contributed by atoms with Gasteiger partial charge in [-0.2, -0.15) is 5.10 Å². The van der Waals surface area contributed by atoms with Crippen molar-refractivity contribution in [2.75, 3.05) is 6.54 Å². The van der Waals surface area contributed by atoms with Gasteiger partial charge in [0.25, 0.3) is 5.91 Å². The van der Waals surface area contributed by atoms with E-state index in [0.717, 1.165) is 18.4 Å². The first-order valence-electron chi connectivity index (χ1n) is 10.8. The van der Waals surface area contributed by atoms with Crippen LogP contribution in [0.5, 0.6) is 0 Å². The van der Waals surface area contributed by atoms with Crippen molar-refractivity contribution >= 4 is 40.2 Å². The lowest BCUT2D eigenvalue weighted by Crippen LogP contribution is -2.43. The summed E-state index contributed by atoms with van der Waals surface area (Å²) in [6.07, 6.45) is 1.57. The van der Waals surface area contributed by atoms with E-state index >= 15 is 0 Å². The number of nitrogens with two attached hydrogens (primary N) is 2. The Kier molecular flexibility index (Phi) is 6.80. The van der Waals surface area contributed by atoms with Crippen LogP contribution in [0.3, 0.4) is 0 Å². The maximum absolute atomic E-state index is 14.1. The van der Waals surface area contributed by atoms with Crippen LogP contribution in [0.4, 0.5) is 4.39 Å². The number of hydrogen-bond donors (Lipinski definition) is 3. The fraction of sp³-hybridized carbons (Fsp3) is 0.304. The maximum Gasteiger partial charge on any atom is 0.269 e. The number of primary amides is 1. The molecule has 0 aliphatic heterocycles. The molecule has 34 heavy (non-hydrogen) atoms. The lowest BCUT2D eigenvalue weighted by atomic mass is 10.1. The highest BCUT2D eigenvalue weighted by atomic mass is 35.5. The second-order valence-electron chi connectivity index (χ2n) is 8.17. The van der Waals surface area contributed by atoms with E-state index in [1.165, 1.54) is 21.7 Å². The van der Waals surface area contributed by atoms with Crippen LogP contribution in [0.25, 0.3) is 10.9 Å². The summed E-state index contributed by atoms with van der Waals surface area (Å²) in [6.45, 7) is -0.113. The maximum atomic E-state index is 14.1. The van der Waals surface area contributed by atoms with Crippen molar-refractivity contribution in [2.45, 2.75) is 38.5 Å². The van der Waals surface area contributed by atoms with Gasteiger partial charge < -0.3 is 21.7 Å². The molecule has 0 spiro atoms. The monoisotopic (exact) mass is 486 g/mol. The lowest BCUT2D eigenvalue weighted by molar-refractivity contribution is -0.137. The SMILES string of the molecule is NCc1ccc2c(c1)c(C(N)=O)nn2CC(=O)N(CC(=O)NCc1cccc(Cl)c1F)C1CC1. The van der Waals surface area contributed by atoms with Gasteiger partial charge in [0, 0.05) is 30.1 Å². The number of hydrogen-bond acceptors (Lipinski definition) is 5. The molecule has 9 nitrogen and oxygen atoms in total. The third-order valence-electron chi connectivity index (χ3n) is 5.70. The van der Waals surface area contributed by atoms with E-state index in [2.05, 4.69) is 10.4 Å². The molecule has 0 unspecified atom stereocenters. The fourth-order valence-electron chi connectivity index (χ4n) is 3.77. The van der Waals surface area contributed by atoms with E-state index in [1.807, 2.05) is 0 Å². The molecule has 0 radical (unpaired) electrons. The van der Waals surface area contributed by atoms with E-state index in [1.54, 1.807) is 24.3 Å². The molecule has 3 aromatic rings. The van der Waals surface area contributed by atoms with Crippen LogP contribution in [-0.4, -0.2) is 45.0 Å². The summed E-state index contributed by atoms with van der Waals surface area (Å²) in [5, 5.41) is 7.36. The summed E-state index contributed by atoms with van der Waals surface area (Å²) in [4.78, 5) is 39.0. The Morgan fingerprint density at radius 3 is 2.68 bits per heavy atom. The largest absolute Gasteiger partial charge is 0.364 e. The lowest BCUT2D eigenvalue weighted by Gasteiger charge is -2.22. The quantitative estimate of drug-likeness (QED) is 0.423. The molecule has 1 aromatic heterocycles. The zero-order valence-corrected chi connectivity index (χ0v) is 19.0. The van der Waals surface area contributed by atoms with Crippen LogP contribution in [0, 0.1) is 5.82 Å². The Balaban J connectivity index is 1.47. The van der Waals surface area contributed by atoms with Crippen molar-refractivity contribution in [3.05, 3.63) is 64.1 Å². The van der Waals surface area contributed by atoms with Gasteiger partial charge in [-0.1, -0.05) is 29.8 Å². The molecule has 3 amide bonds. The van der Waals surface area contributed by atoms with Crippen LogP contribution >= 0.6 is 11.6 Å². The van der Waals surface area contributed by atoms with Gasteiger partial charge in [-0.3, -0.25) is 19.1 Å². The van der Waals surface area contributed by atoms with Crippen molar-refractivity contribution in [3.8, 4) is 0 Å². The molecule has 0 saturated heterocycles. The molecule has 1 saturated carbocycles. The van der Waals surface area contributed by atoms with E-state index in [9.17, 15) is 18.8 Å². The summed E-state index contributed by atoms with van der Waals surface area (Å²) in [5.74, 6) is -2.05. The van der Waals surface area contributed by atoms with Crippen molar-refractivity contribution in [3.63, 3.8) is 0 Å². The summed E-state index contributed by atoms with van der Waals surface area (Å²) in [7, 11) is 0. The minimum absolute atomic E-state index is 0.0260. The fourth-order valence-corrected chi connectivity index (χ4v) is 3.97. The molecule has 4 rings (SSSR count). The van der Waals surface area contributed by atoms with Crippen LogP contribution in [-0.2, 0) is 29.2 Å². The Morgan fingerprint density at radius 1 is 1.24 bits per heavy atom. The Labute approximate surface area is 199 Å². The van der Waals surface area contributed by atoms with Gasteiger partial charge in [0.05, 0.1) is 17.1 Å². The number of fused-ring (bicyclic) bond motifs is 1. The topological polar surface area (TPSA) is 136 Å². The third-order valence-corrected chi connectivity index (χ3v) is 5.99. The van der Waals surface area contributed by atoms with Gasteiger partial charge in [-0.15, -0.1) is 0 Å². The molecule has 1 heterocycles. The van der Waals surface area contributed by atoms with Crippen molar-refractivity contribution in [1.82, 2.24) is 20.0 Å². The van der Waals surface area contributed by atoms with Crippen LogP contribution in [0.15, 0.2) is 36.4 Å². The zero-order valence-electron chi connectivity index (χ0n) is 18.3. The number of carbonyl (C=O) groups is 3. The van der Waals surface area contributed by atoms with E-state index in [-0.39, 0.29) is 54.4 Å². The highest BCUT2D eigenvalue weighted by Crippen LogP contribution is 2.28. The number of carbonyl (C=O) groups excluding carboxylic acids is 3. The van der Waals surface area contributed by atoms with Gasteiger partial charge in [-0.05, 0) is 36.6 Å². The van der Waals surface area contributed by atoms with E-state index in [4.69, 9.17) is 23.1 Å². The first-order valence-corrected chi connectivity index (χ1v) is 11.1. The summed E-state index contributed by atoms with van der Waals surface area (Å²) < 4.78 is 15.5. The number of rotatable bonds is 9. The first kappa shape index (κ1) is 23.7. The van der Waals surface area contributed by atoms with Gasteiger partial charge >= 0.3 is 0 Å². The molecule has 0 atom stereocenters. The molecule has 178 valence electrons. The summed E-state index contributed by atoms with van der Waals surface area (Å²) in [5.41, 5.74) is 12.8. The molecule has 1 fully saturated rings. The van der Waals surface area contributed by atoms with Gasteiger partial charge in [0.2, 0.25) is 11.8 Å². The Morgan fingerprint density at radius 2 is 2.00 bits per heavy atom. The zero-order chi connectivity index (χ0) is 24.4. The summed E-state index contributed by atoms with van der Waals surface area (Å²) in [6, 6.07) is 9.75. The third kappa shape index (κ3) is 5.02. The molecule has 1 aliphatic carbocycles. The number of benzene rings is 2. The number of aromatic nitrogens is 2. The number of nitrogens with zero attached hydrogens (tertiary/aromatic N) is 3. The molecule has 5 N–H and O–H groups in total. The molecule has 0 bridgehead atoms. The van der Waals surface area contributed by atoms with Gasteiger partial charge in [0.15, 0.2) is 5.69 Å². The van der Waals surface area contributed by atoms with Crippen LogP contribution < -0.4 is 16.8 Å². The van der Waals surface area contributed by atoms with E-state index in [0.29, 0.717) is 10.9 Å². The molecular formula is C23H24ClFN6O3. The van der Waals surface area contributed by atoms with Crippen LogP contribution in [0.2, 0.25) is 5.02 Å². The highest BCUT2D eigenvalue weighted by molar-refractivity contribution is 6.30. The standard InChI is InChI=1S/C23H24ClFN6O3/c24-17-3-1-2-14(21(17)25)10-28-19(32)11-30(15-5-6-15)20(33)12-31-18-7-4-13(9-26)8-16(18)22(29-31)23(27)34/h1-4,7-8,15H,5-6,9-12,26H2,(H2,27,34)(H,28,32). The van der Waals surface area contributed by atoms with Crippen molar-refractivity contribution in [2.24, 2.45) is 11.5 Å². The van der Waals surface area contributed by atoms with Crippen molar-refractivity contribution < 1.29 is 18.8 Å². The summed E-state index contributed by atoms with van der Waals surface area (Å²) >= 11 is 5.78. The Hall–Kier alpha value is -3.50. The molecule has 11 heteroatoms. The average Bonchev–Trinajstić information content (AvgIpc) is 3.59. The van der Waals surface area contributed by atoms with E-state index < -0.39 is 17.6 Å². The number of amides is 3. The van der Waals surface area contributed by atoms with Gasteiger partial charge in [-0.25, -0.2) is 4.39 Å². The molecular weight excluding hydrogens is 463 g/mol. The highest BCUT2D eigenvalue weighted by Gasteiger charge is 2.34.